The van der Waals surface area contributed by atoms with E-state index >= 15 is 0 Å². The Balaban J connectivity index is 3.15. The molecule has 0 aliphatic heterocycles. The topological polar surface area (TPSA) is 47.3 Å². The average Bonchev–Trinajstić information content (AvgIpc) is 2.25. The fourth-order valence-corrected chi connectivity index (χ4v) is 1.65. The van der Waals surface area contributed by atoms with E-state index in [1.54, 1.807) is 0 Å². The fourth-order valence-electron chi connectivity index (χ4n) is 1.65. The van der Waals surface area contributed by atoms with Crippen LogP contribution in [0.4, 0.5) is 18.9 Å². The van der Waals surface area contributed by atoms with Crippen LogP contribution in [-0.2, 0) is 0 Å². The fraction of sp³-hybridized carbons (Fsp3) is 0.417. The third-order valence-electron chi connectivity index (χ3n) is 2.44. The van der Waals surface area contributed by atoms with Crippen LogP contribution in [0, 0.1) is 11.3 Å². The van der Waals surface area contributed by atoms with Crippen LogP contribution in [0.2, 0.25) is 0 Å². The van der Waals surface area contributed by atoms with Crippen LogP contribution in [0.15, 0.2) is 18.2 Å². The van der Waals surface area contributed by atoms with E-state index in [4.69, 9.17) is 5.26 Å². The van der Waals surface area contributed by atoms with Crippen molar-refractivity contribution in [2.45, 2.75) is 19.2 Å². The predicted molar refractivity (Wildman–Crippen MR) is 61.1 cm³/mol. The van der Waals surface area contributed by atoms with Crippen LogP contribution in [0.25, 0.3) is 0 Å². The summed E-state index contributed by atoms with van der Waals surface area (Å²) >= 11 is 0. The first-order chi connectivity index (χ1) is 8.24. The van der Waals surface area contributed by atoms with E-state index in [0.717, 1.165) is 4.90 Å². The summed E-state index contributed by atoms with van der Waals surface area (Å²) in [7, 11) is 1.27. The Morgan fingerprint density at radius 2 is 2.06 bits per heavy atom. The number of aliphatic hydroxyl groups is 1. The van der Waals surface area contributed by atoms with Gasteiger partial charge >= 0.3 is 6.18 Å². The van der Waals surface area contributed by atoms with Gasteiger partial charge in [0.05, 0.1) is 17.7 Å². The van der Waals surface area contributed by atoms with Crippen molar-refractivity contribution in [2.24, 2.45) is 0 Å². The highest BCUT2D eigenvalue weighted by atomic mass is 19.4. The first-order valence-electron chi connectivity index (χ1n) is 5.24. The Morgan fingerprint density at radius 1 is 1.44 bits per heavy atom. The maximum atomic E-state index is 12.3. The molecule has 1 atom stereocenters. The molecule has 0 saturated heterocycles. The zero-order valence-electron chi connectivity index (χ0n) is 9.99. The van der Waals surface area contributed by atoms with E-state index in [0.29, 0.717) is 5.56 Å². The first kappa shape index (κ1) is 14.3. The van der Waals surface area contributed by atoms with Crippen molar-refractivity contribution in [2.75, 3.05) is 18.5 Å². The zero-order valence-corrected chi connectivity index (χ0v) is 9.99. The number of hydrogen-bond donors (Lipinski definition) is 1. The Kier molecular flexibility index (Phi) is 4.19. The molecule has 1 N–H and O–H groups in total. The van der Waals surface area contributed by atoms with E-state index in [-0.39, 0.29) is 11.3 Å². The molecule has 1 unspecified atom stereocenters. The molecule has 0 bridgehead atoms. The van der Waals surface area contributed by atoms with E-state index in [1.807, 2.05) is 6.07 Å². The first-order valence-corrected chi connectivity index (χ1v) is 5.24. The van der Waals surface area contributed by atoms with Crippen molar-refractivity contribution >= 4 is 5.69 Å². The zero-order chi connectivity index (χ0) is 13.9. The van der Waals surface area contributed by atoms with Gasteiger partial charge < -0.3 is 10.0 Å². The van der Waals surface area contributed by atoms with Gasteiger partial charge in [0.1, 0.15) is 6.54 Å². The van der Waals surface area contributed by atoms with Gasteiger partial charge in [-0.25, -0.2) is 0 Å². The molecule has 1 rings (SSSR count). The minimum atomic E-state index is -4.34. The maximum absolute atomic E-state index is 12.3. The standard InChI is InChI=1S/C12H13F3N2O/c1-8(18)10-4-3-9(6-16)5-11(10)17(2)7-12(13,14)15/h3-5,8,18H,7H2,1-2H3. The summed E-state index contributed by atoms with van der Waals surface area (Å²) in [5.74, 6) is 0. The molecule has 0 aromatic heterocycles. The second kappa shape index (κ2) is 5.27. The van der Waals surface area contributed by atoms with E-state index < -0.39 is 18.8 Å². The van der Waals surface area contributed by atoms with E-state index in [1.165, 1.54) is 32.2 Å². The summed E-state index contributed by atoms with van der Waals surface area (Å²) < 4.78 is 37.0. The summed E-state index contributed by atoms with van der Waals surface area (Å²) in [5.41, 5.74) is 0.825. The number of alkyl halides is 3. The molecule has 18 heavy (non-hydrogen) atoms. The summed E-state index contributed by atoms with van der Waals surface area (Å²) in [6, 6.07) is 6.13. The highest BCUT2D eigenvalue weighted by molar-refractivity contribution is 5.58. The number of nitrogens with zero attached hydrogens (tertiary/aromatic N) is 2. The number of aliphatic hydroxyl groups excluding tert-OH is 1. The van der Waals surface area contributed by atoms with Gasteiger partial charge in [-0.3, -0.25) is 0 Å². The average molecular weight is 258 g/mol. The molecule has 0 aliphatic carbocycles. The van der Waals surface area contributed by atoms with Crippen molar-refractivity contribution in [3.05, 3.63) is 29.3 Å². The van der Waals surface area contributed by atoms with Crippen LogP contribution in [0.1, 0.15) is 24.2 Å². The lowest BCUT2D eigenvalue weighted by molar-refractivity contribution is -0.119. The van der Waals surface area contributed by atoms with Gasteiger partial charge in [-0.1, -0.05) is 6.07 Å². The predicted octanol–water partition coefficient (Wildman–Crippen LogP) is 2.61. The molecule has 0 amide bonds. The van der Waals surface area contributed by atoms with Crippen molar-refractivity contribution < 1.29 is 18.3 Å². The third-order valence-corrected chi connectivity index (χ3v) is 2.44. The smallest absolute Gasteiger partial charge is 0.389 e. The number of rotatable bonds is 3. The van der Waals surface area contributed by atoms with Crippen LogP contribution in [0.3, 0.4) is 0 Å². The SMILES string of the molecule is CC(O)c1ccc(C#N)cc1N(C)CC(F)(F)F. The molecule has 0 saturated carbocycles. The molecule has 0 spiro atoms. The largest absolute Gasteiger partial charge is 0.405 e. The number of hydrogen-bond acceptors (Lipinski definition) is 3. The monoisotopic (exact) mass is 258 g/mol. The number of anilines is 1. The minimum Gasteiger partial charge on any atom is -0.389 e. The number of nitriles is 1. The van der Waals surface area contributed by atoms with Crippen LogP contribution in [-0.4, -0.2) is 24.9 Å². The Labute approximate surface area is 103 Å². The molecule has 98 valence electrons. The Morgan fingerprint density at radius 3 is 2.50 bits per heavy atom. The molecule has 0 heterocycles. The molecule has 1 aromatic rings. The Bertz CT molecular complexity index is 463. The molecule has 0 aliphatic rings. The van der Waals surface area contributed by atoms with Crippen molar-refractivity contribution in [3.8, 4) is 6.07 Å². The van der Waals surface area contributed by atoms with Gasteiger partial charge in [-0.15, -0.1) is 0 Å². The summed E-state index contributed by atoms with van der Waals surface area (Å²) in [6.07, 6.45) is -5.24. The highest BCUT2D eigenvalue weighted by Gasteiger charge is 2.30. The Hall–Kier alpha value is -1.74. The van der Waals surface area contributed by atoms with Crippen molar-refractivity contribution in [1.82, 2.24) is 0 Å². The maximum Gasteiger partial charge on any atom is 0.405 e. The van der Waals surface area contributed by atoms with Crippen molar-refractivity contribution in [3.63, 3.8) is 0 Å². The van der Waals surface area contributed by atoms with Gasteiger partial charge in [-0.2, -0.15) is 18.4 Å². The van der Waals surface area contributed by atoms with Crippen LogP contribution >= 0.6 is 0 Å². The molecular weight excluding hydrogens is 245 g/mol. The van der Waals surface area contributed by atoms with E-state index in [9.17, 15) is 18.3 Å². The van der Waals surface area contributed by atoms with Gasteiger partial charge in [0.25, 0.3) is 0 Å². The lowest BCUT2D eigenvalue weighted by Gasteiger charge is -2.24. The summed E-state index contributed by atoms with van der Waals surface area (Å²) in [6.45, 7) is 0.327. The number of halogens is 3. The summed E-state index contributed by atoms with van der Waals surface area (Å²) in [4.78, 5) is 0.975. The highest BCUT2D eigenvalue weighted by Crippen LogP contribution is 2.29. The van der Waals surface area contributed by atoms with Gasteiger partial charge in [0, 0.05) is 18.3 Å². The van der Waals surface area contributed by atoms with Crippen molar-refractivity contribution in [1.29, 1.82) is 5.26 Å². The van der Waals surface area contributed by atoms with E-state index in [2.05, 4.69) is 0 Å². The third kappa shape index (κ3) is 3.64. The lowest BCUT2D eigenvalue weighted by Crippen LogP contribution is -2.31. The molecular formula is C12H13F3N2O. The second-order valence-corrected chi connectivity index (χ2v) is 4.03. The lowest BCUT2D eigenvalue weighted by atomic mass is 10.0. The van der Waals surface area contributed by atoms with Crippen LogP contribution < -0.4 is 4.90 Å². The minimum absolute atomic E-state index is 0.210. The molecule has 0 radical (unpaired) electrons. The van der Waals surface area contributed by atoms with Gasteiger partial charge in [0.15, 0.2) is 0 Å². The number of benzene rings is 1. The van der Waals surface area contributed by atoms with Gasteiger partial charge in [0.2, 0.25) is 0 Å². The summed E-state index contributed by atoms with van der Waals surface area (Å²) in [5, 5.41) is 18.3. The second-order valence-electron chi connectivity index (χ2n) is 4.03. The van der Waals surface area contributed by atoms with Crippen LogP contribution in [0.5, 0.6) is 0 Å². The molecule has 0 fully saturated rings. The molecule has 1 aromatic carbocycles. The van der Waals surface area contributed by atoms with Gasteiger partial charge in [-0.05, 0) is 19.1 Å². The quantitative estimate of drug-likeness (QED) is 0.906. The molecule has 3 nitrogen and oxygen atoms in total. The molecule has 6 heteroatoms. The normalized spacial score (nSPS) is 12.9.